The van der Waals surface area contributed by atoms with E-state index in [-0.39, 0.29) is 12.6 Å². The average Bonchev–Trinajstić information content (AvgIpc) is 3.36. The van der Waals surface area contributed by atoms with E-state index in [4.69, 9.17) is 4.74 Å². The summed E-state index contributed by atoms with van der Waals surface area (Å²) < 4.78 is 43.5. The molecular formula is C27H27F3N4O2S. The van der Waals surface area contributed by atoms with Crippen LogP contribution in [0.15, 0.2) is 66.3 Å². The predicted molar refractivity (Wildman–Crippen MR) is 139 cm³/mol. The van der Waals surface area contributed by atoms with Crippen molar-refractivity contribution < 1.29 is 23.0 Å². The van der Waals surface area contributed by atoms with Crippen LogP contribution in [0.2, 0.25) is 0 Å². The highest BCUT2D eigenvalue weighted by Gasteiger charge is 2.30. The van der Waals surface area contributed by atoms with E-state index in [9.17, 15) is 18.3 Å². The molecule has 10 heteroatoms. The number of piperidine rings is 1. The van der Waals surface area contributed by atoms with Gasteiger partial charge in [-0.1, -0.05) is 30.3 Å². The molecule has 3 heterocycles. The number of hydrogen-bond acceptors (Lipinski definition) is 7. The van der Waals surface area contributed by atoms with Crippen LogP contribution in [-0.2, 0) is 6.18 Å². The highest BCUT2D eigenvalue weighted by atomic mass is 32.1. The van der Waals surface area contributed by atoms with Crippen LogP contribution in [0, 0.1) is 0 Å². The van der Waals surface area contributed by atoms with Crippen LogP contribution in [0.5, 0.6) is 5.75 Å². The quantitative estimate of drug-likeness (QED) is 0.320. The molecule has 1 unspecified atom stereocenters. The molecule has 194 valence electrons. The van der Waals surface area contributed by atoms with Gasteiger partial charge in [-0.2, -0.15) is 13.2 Å². The standard InChI is InChI=1S/C27H27F3N4O2S/c28-27(29,30)19-6-8-22(9-7-19)36-15-21(35)14-31-20-10-12-34(13-11-20)25-24-23(18-4-2-1-3-5-18)16-37-26(24)33-17-32-25/h1-9,16-17,20-21,31,35H,10-15H2. The second-order valence-corrected chi connectivity index (χ2v) is 9.91. The van der Waals surface area contributed by atoms with Gasteiger partial charge in [-0.05, 0) is 42.7 Å². The number of aliphatic hydroxyl groups excluding tert-OH is 1. The molecule has 0 aliphatic carbocycles. The largest absolute Gasteiger partial charge is 0.491 e. The van der Waals surface area contributed by atoms with Crippen molar-refractivity contribution in [2.24, 2.45) is 0 Å². The van der Waals surface area contributed by atoms with Crippen molar-refractivity contribution in [1.29, 1.82) is 0 Å². The van der Waals surface area contributed by atoms with Gasteiger partial charge < -0.3 is 20.1 Å². The van der Waals surface area contributed by atoms with Crippen molar-refractivity contribution in [3.05, 3.63) is 71.9 Å². The maximum atomic E-state index is 12.7. The van der Waals surface area contributed by atoms with Crippen LogP contribution in [0.4, 0.5) is 19.0 Å². The van der Waals surface area contributed by atoms with Crippen LogP contribution in [0.25, 0.3) is 21.3 Å². The number of thiophene rings is 1. The fourth-order valence-corrected chi connectivity index (χ4v) is 5.43. The van der Waals surface area contributed by atoms with E-state index in [1.54, 1.807) is 17.7 Å². The Morgan fingerprint density at radius 3 is 2.49 bits per heavy atom. The minimum absolute atomic E-state index is 0.00343. The number of ether oxygens (including phenoxy) is 1. The van der Waals surface area contributed by atoms with Crippen LogP contribution in [0.1, 0.15) is 18.4 Å². The minimum Gasteiger partial charge on any atom is -0.491 e. The van der Waals surface area contributed by atoms with Gasteiger partial charge in [0.25, 0.3) is 0 Å². The number of rotatable bonds is 8. The zero-order chi connectivity index (χ0) is 25.8. The van der Waals surface area contributed by atoms with Crippen LogP contribution >= 0.6 is 11.3 Å². The summed E-state index contributed by atoms with van der Waals surface area (Å²) in [6, 6.07) is 15.0. The molecule has 0 radical (unpaired) electrons. The zero-order valence-corrected chi connectivity index (χ0v) is 20.8. The highest BCUT2D eigenvalue weighted by Crippen LogP contribution is 2.38. The summed E-state index contributed by atoms with van der Waals surface area (Å²) in [5, 5.41) is 16.9. The third-order valence-electron chi connectivity index (χ3n) is 6.50. The number of nitrogens with zero attached hydrogens (tertiary/aromatic N) is 3. The Morgan fingerprint density at radius 1 is 1.05 bits per heavy atom. The fourth-order valence-electron chi connectivity index (χ4n) is 4.52. The average molecular weight is 529 g/mol. The molecule has 2 aromatic carbocycles. The van der Waals surface area contributed by atoms with E-state index in [0.717, 1.165) is 65.2 Å². The van der Waals surface area contributed by atoms with E-state index >= 15 is 0 Å². The van der Waals surface area contributed by atoms with E-state index in [1.165, 1.54) is 12.1 Å². The first kappa shape index (κ1) is 25.4. The summed E-state index contributed by atoms with van der Waals surface area (Å²) in [7, 11) is 0. The van der Waals surface area contributed by atoms with Gasteiger partial charge in [0, 0.05) is 36.6 Å². The molecule has 37 heavy (non-hydrogen) atoms. The molecule has 1 aliphatic rings. The smallest absolute Gasteiger partial charge is 0.416 e. The molecule has 1 fully saturated rings. The SMILES string of the molecule is OC(CNC1CCN(c2ncnc3scc(-c4ccccc4)c23)CC1)COc1ccc(C(F)(F)F)cc1. The number of benzene rings is 2. The topological polar surface area (TPSA) is 70.5 Å². The van der Waals surface area contributed by atoms with Crippen molar-refractivity contribution >= 4 is 27.4 Å². The van der Waals surface area contributed by atoms with Crippen LogP contribution < -0.4 is 15.0 Å². The fraction of sp³-hybridized carbons (Fsp3) is 0.333. The van der Waals surface area contributed by atoms with Gasteiger partial charge in [-0.3, -0.25) is 0 Å². The van der Waals surface area contributed by atoms with Gasteiger partial charge in [0.05, 0.1) is 10.9 Å². The summed E-state index contributed by atoms with van der Waals surface area (Å²) in [5.74, 6) is 1.24. The lowest BCUT2D eigenvalue weighted by Crippen LogP contribution is -2.45. The van der Waals surface area contributed by atoms with Crippen molar-refractivity contribution in [1.82, 2.24) is 15.3 Å². The van der Waals surface area contributed by atoms with Gasteiger partial charge in [0.15, 0.2) is 0 Å². The summed E-state index contributed by atoms with van der Waals surface area (Å²) in [6.45, 7) is 1.99. The lowest BCUT2D eigenvalue weighted by Gasteiger charge is -2.34. The van der Waals surface area contributed by atoms with Gasteiger partial charge in [0.1, 0.15) is 35.4 Å². The maximum Gasteiger partial charge on any atom is 0.416 e. The number of anilines is 1. The van der Waals surface area contributed by atoms with Crippen LogP contribution in [-0.4, -0.2) is 53.5 Å². The molecular weight excluding hydrogens is 501 g/mol. The first-order valence-corrected chi connectivity index (χ1v) is 13.0. The summed E-state index contributed by atoms with van der Waals surface area (Å²) >= 11 is 1.62. The number of nitrogens with one attached hydrogen (secondary N) is 1. The number of fused-ring (bicyclic) bond motifs is 1. The molecule has 1 saturated heterocycles. The molecule has 0 bridgehead atoms. The molecule has 1 aliphatic heterocycles. The third-order valence-corrected chi connectivity index (χ3v) is 7.38. The van der Waals surface area contributed by atoms with Crippen molar-refractivity contribution in [3.63, 3.8) is 0 Å². The van der Waals surface area contributed by atoms with Crippen molar-refractivity contribution in [2.45, 2.75) is 31.2 Å². The molecule has 6 nitrogen and oxygen atoms in total. The number of halogens is 3. The second kappa shape index (κ2) is 11.0. The molecule has 0 saturated carbocycles. The predicted octanol–water partition coefficient (Wildman–Crippen LogP) is 5.38. The monoisotopic (exact) mass is 528 g/mol. The minimum atomic E-state index is -4.38. The molecule has 0 spiro atoms. The molecule has 4 aromatic rings. The first-order chi connectivity index (χ1) is 17.9. The third kappa shape index (κ3) is 6.03. The highest BCUT2D eigenvalue weighted by molar-refractivity contribution is 7.17. The van der Waals surface area contributed by atoms with Crippen molar-refractivity contribution in [3.8, 4) is 16.9 Å². The Bertz CT molecular complexity index is 1310. The normalized spacial score (nSPS) is 15.7. The molecule has 2 aromatic heterocycles. The number of alkyl halides is 3. The molecule has 0 amide bonds. The second-order valence-electron chi connectivity index (χ2n) is 9.05. The van der Waals surface area contributed by atoms with E-state index < -0.39 is 17.8 Å². The Morgan fingerprint density at radius 2 is 1.78 bits per heavy atom. The van der Waals surface area contributed by atoms with Gasteiger partial charge in [0.2, 0.25) is 0 Å². The Hall–Kier alpha value is -3.21. The lowest BCUT2D eigenvalue weighted by atomic mass is 10.0. The Kier molecular flexibility index (Phi) is 7.59. The van der Waals surface area contributed by atoms with E-state index in [0.29, 0.717) is 12.3 Å². The number of hydrogen-bond donors (Lipinski definition) is 2. The van der Waals surface area contributed by atoms with Gasteiger partial charge >= 0.3 is 6.18 Å². The molecule has 1 atom stereocenters. The number of aliphatic hydroxyl groups is 1. The van der Waals surface area contributed by atoms with E-state index in [1.807, 2.05) is 18.2 Å². The van der Waals surface area contributed by atoms with Crippen molar-refractivity contribution in [2.75, 3.05) is 31.1 Å². The zero-order valence-electron chi connectivity index (χ0n) is 20.0. The number of aromatic nitrogens is 2. The summed E-state index contributed by atoms with van der Waals surface area (Å²) in [6.07, 6.45) is -1.75. The summed E-state index contributed by atoms with van der Waals surface area (Å²) in [5.41, 5.74) is 1.56. The first-order valence-electron chi connectivity index (χ1n) is 12.1. The molecule has 2 N–H and O–H groups in total. The Labute approximate surface area is 216 Å². The molecule has 5 rings (SSSR count). The van der Waals surface area contributed by atoms with E-state index in [2.05, 4.69) is 37.7 Å². The maximum absolute atomic E-state index is 12.7. The Balaban J connectivity index is 1.13. The van der Waals surface area contributed by atoms with Gasteiger partial charge in [-0.15, -0.1) is 11.3 Å². The lowest BCUT2D eigenvalue weighted by molar-refractivity contribution is -0.137. The van der Waals surface area contributed by atoms with Crippen LogP contribution in [0.3, 0.4) is 0 Å². The summed E-state index contributed by atoms with van der Waals surface area (Å²) in [4.78, 5) is 12.4. The van der Waals surface area contributed by atoms with Gasteiger partial charge in [-0.25, -0.2) is 9.97 Å².